The third-order valence-electron chi connectivity index (χ3n) is 6.27. The van der Waals surface area contributed by atoms with Gasteiger partial charge in [0.15, 0.2) is 0 Å². The Bertz CT molecular complexity index is 832. The fourth-order valence-electron chi connectivity index (χ4n) is 4.84. The van der Waals surface area contributed by atoms with E-state index >= 15 is 0 Å². The summed E-state index contributed by atoms with van der Waals surface area (Å²) in [6.07, 6.45) is 6.09. The molecule has 0 saturated carbocycles. The zero-order chi connectivity index (χ0) is 21.3. The Morgan fingerprint density at radius 3 is 2.50 bits per heavy atom. The van der Waals surface area contributed by atoms with E-state index < -0.39 is 0 Å². The van der Waals surface area contributed by atoms with Crippen LogP contribution in [0.3, 0.4) is 0 Å². The van der Waals surface area contributed by atoms with Gasteiger partial charge in [-0.25, -0.2) is 0 Å². The summed E-state index contributed by atoms with van der Waals surface area (Å²) in [7, 11) is 0. The molecule has 3 heterocycles. The molecule has 1 atom stereocenters. The molecule has 3 amide bonds. The topological polar surface area (TPSA) is 73.0 Å². The van der Waals surface area contributed by atoms with Crippen LogP contribution in [-0.4, -0.2) is 60.9 Å². The quantitative estimate of drug-likeness (QED) is 0.825. The maximum Gasteiger partial charge on any atom is 0.253 e. The van der Waals surface area contributed by atoms with Gasteiger partial charge in [-0.2, -0.15) is 0 Å². The van der Waals surface area contributed by atoms with E-state index in [0.717, 1.165) is 63.8 Å². The summed E-state index contributed by atoms with van der Waals surface area (Å²) in [6.45, 7) is 6.18. The van der Waals surface area contributed by atoms with E-state index in [1.54, 1.807) is 4.90 Å². The molecule has 7 nitrogen and oxygen atoms in total. The Kier molecular flexibility index (Phi) is 5.97. The maximum absolute atomic E-state index is 13.3. The van der Waals surface area contributed by atoms with Crippen LogP contribution in [0.2, 0.25) is 0 Å². The number of hydrogen-bond acceptors (Lipinski definition) is 4. The van der Waals surface area contributed by atoms with Crippen LogP contribution >= 0.6 is 0 Å². The second-order valence-corrected chi connectivity index (χ2v) is 8.91. The van der Waals surface area contributed by atoms with Gasteiger partial charge in [-0.1, -0.05) is 0 Å². The van der Waals surface area contributed by atoms with Gasteiger partial charge in [-0.3, -0.25) is 19.3 Å². The minimum Gasteiger partial charge on any atom is -0.358 e. The third kappa shape index (κ3) is 4.02. The predicted molar refractivity (Wildman–Crippen MR) is 117 cm³/mol. The van der Waals surface area contributed by atoms with Crippen molar-refractivity contribution in [2.45, 2.75) is 64.5 Å². The molecule has 0 aliphatic carbocycles. The van der Waals surface area contributed by atoms with Crippen LogP contribution in [0.4, 0.5) is 11.4 Å². The Labute approximate surface area is 178 Å². The van der Waals surface area contributed by atoms with E-state index in [1.807, 2.05) is 36.9 Å². The Morgan fingerprint density at radius 1 is 1.03 bits per heavy atom. The van der Waals surface area contributed by atoms with Gasteiger partial charge in [0, 0.05) is 31.2 Å². The zero-order valence-corrected chi connectivity index (χ0v) is 18.0. The number of amides is 3. The number of fused-ring (bicyclic) bond motifs is 3. The van der Waals surface area contributed by atoms with Crippen LogP contribution in [-0.2, 0) is 9.59 Å². The zero-order valence-electron chi connectivity index (χ0n) is 18.0. The normalized spacial score (nSPS) is 21.4. The molecule has 1 N–H and O–H groups in total. The van der Waals surface area contributed by atoms with E-state index in [-0.39, 0.29) is 36.3 Å². The molecule has 2 saturated heterocycles. The molecule has 4 rings (SSSR count). The van der Waals surface area contributed by atoms with Crippen molar-refractivity contribution in [1.82, 2.24) is 10.2 Å². The molecule has 0 unspecified atom stereocenters. The monoisotopic (exact) mass is 412 g/mol. The standard InChI is InChI=1S/C23H32N4O3/c1-16(2)24-21(28)15-27-20-14-17(22(29)25-11-5-3-6-12-25)9-10-18(20)26-13-7-4-8-19(26)23(27)30/h9-10,14,16,19H,3-8,11-13,15H2,1-2H3,(H,24,28)/t19-/m1/s1. The van der Waals surface area contributed by atoms with Crippen molar-refractivity contribution in [3.05, 3.63) is 23.8 Å². The molecule has 1 aromatic carbocycles. The number of rotatable bonds is 4. The number of nitrogens with zero attached hydrogens (tertiary/aromatic N) is 3. The first-order valence-electron chi connectivity index (χ1n) is 11.3. The first kappa shape index (κ1) is 20.7. The van der Waals surface area contributed by atoms with Crippen molar-refractivity contribution >= 4 is 29.1 Å². The number of nitrogens with one attached hydrogen (secondary N) is 1. The molecule has 2 fully saturated rings. The van der Waals surface area contributed by atoms with E-state index in [4.69, 9.17) is 0 Å². The Balaban J connectivity index is 1.68. The van der Waals surface area contributed by atoms with Crippen LogP contribution < -0.4 is 15.1 Å². The highest BCUT2D eigenvalue weighted by Gasteiger charge is 2.40. The number of carbonyl (C=O) groups excluding carboxylic acids is 3. The lowest BCUT2D eigenvalue weighted by Crippen LogP contribution is -2.57. The average molecular weight is 413 g/mol. The van der Waals surface area contributed by atoms with Crippen LogP contribution in [0.1, 0.15) is 62.7 Å². The second kappa shape index (κ2) is 8.66. The lowest BCUT2D eigenvalue weighted by Gasteiger charge is -2.45. The van der Waals surface area contributed by atoms with Crippen molar-refractivity contribution < 1.29 is 14.4 Å². The predicted octanol–water partition coefficient (Wildman–Crippen LogP) is 2.54. The van der Waals surface area contributed by atoms with Crippen LogP contribution in [0, 0.1) is 0 Å². The van der Waals surface area contributed by atoms with Crippen molar-refractivity contribution in [2.75, 3.05) is 36.0 Å². The van der Waals surface area contributed by atoms with E-state index in [2.05, 4.69) is 10.2 Å². The van der Waals surface area contributed by atoms with Gasteiger partial charge in [-0.15, -0.1) is 0 Å². The summed E-state index contributed by atoms with van der Waals surface area (Å²) < 4.78 is 0. The second-order valence-electron chi connectivity index (χ2n) is 8.91. The smallest absolute Gasteiger partial charge is 0.253 e. The SMILES string of the molecule is CC(C)NC(=O)CN1C(=O)[C@H]2CCCCN2c2ccc(C(=O)N3CCCCC3)cc21. The lowest BCUT2D eigenvalue weighted by atomic mass is 9.95. The van der Waals surface area contributed by atoms with Crippen molar-refractivity contribution in [1.29, 1.82) is 0 Å². The van der Waals surface area contributed by atoms with Crippen LogP contribution in [0.25, 0.3) is 0 Å². The minimum atomic E-state index is -0.221. The Hall–Kier alpha value is -2.57. The van der Waals surface area contributed by atoms with E-state index in [0.29, 0.717) is 11.3 Å². The fraction of sp³-hybridized carbons (Fsp3) is 0.609. The van der Waals surface area contributed by atoms with Gasteiger partial charge in [0.2, 0.25) is 11.8 Å². The highest BCUT2D eigenvalue weighted by atomic mass is 16.2. The summed E-state index contributed by atoms with van der Waals surface area (Å²) in [6, 6.07) is 5.45. The molecular weight excluding hydrogens is 380 g/mol. The molecule has 0 bridgehead atoms. The highest BCUT2D eigenvalue weighted by molar-refractivity contribution is 6.09. The number of likely N-dealkylation sites (tertiary alicyclic amines) is 1. The van der Waals surface area contributed by atoms with Gasteiger partial charge >= 0.3 is 0 Å². The summed E-state index contributed by atoms with van der Waals surface area (Å²) in [5.41, 5.74) is 2.22. The van der Waals surface area contributed by atoms with Gasteiger partial charge in [0.25, 0.3) is 5.91 Å². The molecule has 1 aromatic rings. The molecule has 0 radical (unpaired) electrons. The van der Waals surface area contributed by atoms with Crippen molar-refractivity contribution in [3.8, 4) is 0 Å². The lowest BCUT2D eigenvalue weighted by molar-refractivity contribution is -0.125. The number of carbonyl (C=O) groups is 3. The third-order valence-corrected chi connectivity index (χ3v) is 6.27. The molecule has 30 heavy (non-hydrogen) atoms. The maximum atomic E-state index is 13.3. The summed E-state index contributed by atoms with van der Waals surface area (Å²) in [5.74, 6) is -0.206. The average Bonchev–Trinajstić information content (AvgIpc) is 2.76. The van der Waals surface area contributed by atoms with E-state index in [9.17, 15) is 14.4 Å². The fourth-order valence-corrected chi connectivity index (χ4v) is 4.84. The minimum absolute atomic E-state index is 0.00931. The first-order chi connectivity index (χ1) is 14.5. The molecule has 162 valence electrons. The van der Waals surface area contributed by atoms with Crippen LogP contribution in [0.5, 0.6) is 0 Å². The van der Waals surface area contributed by atoms with Gasteiger partial charge in [0.1, 0.15) is 12.6 Å². The van der Waals surface area contributed by atoms with Gasteiger partial charge in [0.05, 0.1) is 11.4 Å². The van der Waals surface area contributed by atoms with Gasteiger partial charge < -0.3 is 15.1 Å². The van der Waals surface area contributed by atoms with Gasteiger partial charge in [-0.05, 0) is 70.6 Å². The number of hydrogen-bond donors (Lipinski definition) is 1. The summed E-state index contributed by atoms with van der Waals surface area (Å²) >= 11 is 0. The summed E-state index contributed by atoms with van der Waals surface area (Å²) in [5, 5.41) is 2.88. The first-order valence-corrected chi connectivity index (χ1v) is 11.3. The molecule has 3 aliphatic heterocycles. The Morgan fingerprint density at radius 2 is 1.77 bits per heavy atom. The molecule has 3 aliphatic rings. The highest BCUT2D eigenvalue weighted by Crippen LogP contribution is 2.40. The number of anilines is 2. The number of piperidine rings is 2. The summed E-state index contributed by atoms with van der Waals surface area (Å²) in [4.78, 5) is 44.5. The molecule has 0 aromatic heterocycles. The van der Waals surface area contributed by atoms with Crippen molar-refractivity contribution in [2.24, 2.45) is 0 Å². The van der Waals surface area contributed by atoms with Crippen molar-refractivity contribution in [3.63, 3.8) is 0 Å². The largest absolute Gasteiger partial charge is 0.358 e. The molecule has 0 spiro atoms. The molecular formula is C23H32N4O3. The number of benzene rings is 1. The van der Waals surface area contributed by atoms with Crippen LogP contribution in [0.15, 0.2) is 18.2 Å². The van der Waals surface area contributed by atoms with E-state index in [1.165, 1.54) is 0 Å². The molecule has 7 heteroatoms.